The molecule has 5 heteroatoms. The standard InChI is InChI=1S/C13H15NO4/c1-7(13(16)17)9-4-5-11-10(6-9)14(3)12(15)8(2)18-11/h4-8H,1-3H3,(H,16,17). The van der Waals surface area contributed by atoms with E-state index >= 15 is 0 Å². The summed E-state index contributed by atoms with van der Waals surface area (Å²) >= 11 is 0. The predicted octanol–water partition coefficient (Wildman–Crippen LogP) is 1.62. The van der Waals surface area contributed by atoms with Crippen molar-refractivity contribution in [3.63, 3.8) is 0 Å². The highest BCUT2D eigenvalue weighted by atomic mass is 16.5. The molecule has 1 aromatic carbocycles. The van der Waals surface area contributed by atoms with Gasteiger partial charge in [-0.2, -0.15) is 0 Å². The number of amides is 1. The number of hydrogen-bond acceptors (Lipinski definition) is 3. The number of carbonyl (C=O) groups excluding carboxylic acids is 1. The van der Waals surface area contributed by atoms with Gasteiger partial charge in [0.25, 0.3) is 5.91 Å². The van der Waals surface area contributed by atoms with Crippen molar-refractivity contribution in [3.8, 4) is 5.75 Å². The number of carbonyl (C=O) groups is 2. The Morgan fingerprint density at radius 3 is 2.78 bits per heavy atom. The second-order valence-electron chi connectivity index (χ2n) is 4.44. The Morgan fingerprint density at radius 1 is 1.50 bits per heavy atom. The fourth-order valence-electron chi connectivity index (χ4n) is 1.94. The van der Waals surface area contributed by atoms with Crippen LogP contribution in [0.1, 0.15) is 25.3 Å². The van der Waals surface area contributed by atoms with Crippen LogP contribution in [0.2, 0.25) is 0 Å². The van der Waals surface area contributed by atoms with E-state index in [4.69, 9.17) is 9.84 Å². The molecule has 0 saturated carbocycles. The van der Waals surface area contributed by atoms with Crippen molar-refractivity contribution in [3.05, 3.63) is 23.8 Å². The molecule has 2 unspecified atom stereocenters. The minimum Gasteiger partial charge on any atom is -0.481 e. The first-order chi connectivity index (χ1) is 8.41. The number of ether oxygens (including phenoxy) is 1. The van der Waals surface area contributed by atoms with E-state index in [0.29, 0.717) is 17.0 Å². The van der Waals surface area contributed by atoms with Gasteiger partial charge < -0.3 is 14.7 Å². The molecule has 0 aliphatic carbocycles. The van der Waals surface area contributed by atoms with Gasteiger partial charge in [0.15, 0.2) is 6.10 Å². The van der Waals surface area contributed by atoms with Crippen LogP contribution in [0.3, 0.4) is 0 Å². The SMILES string of the molecule is CC1Oc2ccc(C(C)C(=O)O)cc2N(C)C1=O. The maximum absolute atomic E-state index is 11.8. The topological polar surface area (TPSA) is 66.8 Å². The maximum atomic E-state index is 11.8. The molecule has 0 bridgehead atoms. The number of carboxylic acid groups (broad SMARTS) is 1. The van der Waals surface area contributed by atoms with E-state index in [1.165, 1.54) is 4.90 Å². The van der Waals surface area contributed by atoms with E-state index in [9.17, 15) is 9.59 Å². The number of nitrogens with zero attached hydrogens (tertiary/aromatic N) is 1. The van der Waals surface area contributed by atoms with Crippen molar-refractivity contribution in [2.24, 2.45) is 0 Å². The molecule has 1 aromatic rings. The van der Waals surface area contributed by atoms with E-state index in [-0.39, 0.29) is 5.91 Å². The molecule has 0 aromatic heterocycles. The van der Waals surface area contributed by atoms with Crippen LogP contribution < -0.4 is 9.64 Å². The summed E-state index contributed by atoms with van der Waals surface area (Å²) in [5, 5.41) is 8.99. The van der Waals surface area contributed by atoms with Gasteiger partial charge in [0.05, 0.1) is 11.6 Å². The Morgan fingerprint density at radius 2 is 2.17 bits per heavy atom. The Bertz CT molecular complexity index is 512. The van der Waals surface area contributed by atoms with Crippen LogP contribution in [-0.2, 0) is 9.59 Å². The summed E-state index contributed by atoms with van der Waals surface area (Å²) < 4.78 is 5.47. The van der Waals surface area contributed by atoms with Gasteiger partial charge in [0, 0.05) is 7.05 Å². The zero-order valence-electron chi connectivity index (χ0n) is 10.5. The molecular weight excluding hydrogens is 234 g/mol. The molecule has 0 saturated heterocycles. The van der Waals surface area contributed by atoms with E-state index in [2.05, 4.69) is 0 Å². The average Bonchev–Trinajstić information content (AvgIpc) is 2.35. The van der Waals surface area contributed by atoms with E-state index in [1.54, 1.807) is 39.1 Å². The van der Waals surface area contributed by atoms with Gasteiger partial charge in [0.1, 0.15) is 5.75 Å². The number of carboxylic acids is 1. The summed E-state index contributed by atoms with van der Waals surface area (Å²) in [5.41, 5.74) is 1.27. The van der Waals surface area contributed by atoms with E-state index in [0.717, 1.165) is 0 Å². The van der Waals surface area contributed by atoms with Crippen LogP contribution in [0.15, 0.2) is 18.2 Å². The van der Waals surface area contributed by atoms with E-state index < -0.39 is 18.0 Å². The Labute approximate surface area is 105 Å². The first kappa shape index (κ1) is 12.4. The van der Waals surface area contributed by atoms with Gasteiger partial charge in [0.2, 0.25) is 0 Å². The number of fused-ring (bicyclic) bond motifs is 1. The molecule has 1 aliphatic heterocycles. The van der Waals surface area contributed by atoms with Gasteiger partial charge in [-0.3, -0.25) is 9.59 Å². The summed E-state index contributed by atoms with van der Waals surface area (Å²) in [5.74, 6) is -1.04. The Kier molecular flexibility index (Phi) is 2.98. The fourth-order valence-corrected chi connectivity index (χ4v) is 1.94. The lowest BCUT2D eigenvalue weighted by Crippen LogP contribution is -2.42. The molecule has 1 N–H and O–H groups in total. The number of aliphatic carboxylic acids is 1. The lowest BCUT2D eigenvalue weighted by Gasteiger charge is -2.30. The zero-order valence-corrected chi connectivity index (χ0v) is 10.5. The summed E-state index contributed by atoms with van der Waals surface area (Å²) in [6.45, 7) is 3.30. The lowest BCUT2D eigenvalue weighted by molar-refractivity contribution is -0.138. The highest BCUT2D eigenvalue weighted by Gasteiger charge is 2.29. The first-order valence-electron chi connectivity index (χ1n) is 5.72. The molecule has 0 fully saturated rings. The summed E-state index contributed by atoms with van der Waals surface area (Å²) in [7, 11) is 1.66. The monoisotopic (exact) mass is 249 g/mol. The smallest absolute Gasteiger partial charge is 0.310 e. The second kappa shape index (κ2) is 4.33. The minimum absolute atomic E-state index is 0.136. The molecule has 1 amide bonds. The van der Waals surface area contributed by atoms with Crippen LogP contribution in [-0.4, -0.2) is 30.1 Å². The Hall–Kier alpha value is -2.04. The van der Waals surface area contributed by atoms with Crippen LogP contribution in [0.25, 0.3) is 0 Å². The molecule has 2 atom stereocenters. The third kappa shape index (κ3) is 1.92. The number of benzene rings is 1. The van der Waals surface area contributed by atoms with Crippen LogP contribution in [0.4, 0.5) is 5.69 Å². The third-order valence-corrected chi connectivity index (χ3v) is 3.20. The van der Waals surface area contributed by atoms with E-state index in [1.807, 2.05) is 0 Å². The van der Waals surface area contributed by atoms with Gasteiger partial charge in [-0.15, -0.1) is 0 Å². The molecule has 0 radical (unpaired) electrons. The van der Waals surface area contributed by atoms with Gasteiger partial charge >= 0.3 is 5.97 Å². The Balaban J connectivity index is 2.43. The van der Waals surface area contributed by atoms with Crippen LogP contribution in [0, 0.1) is 0 Å². The van der Waals surface area contributed by atoms with Crippen molar-refractivity contribution in [1.82, 2.24) is 0 Å². The average molecular weight is 249 g/mol. The van der Waals surface area contributed by atoms with Crippen molar-refractivity contribution < 1.29 is 19.4 Å². The summed E-state index contributed by atoms with van der Waals surface area (Å²) in [6, 6.07) is 5.12. The molecule has 1 heterocycles. The minimum atomic E-state index is -0.894. The largest absolute Gasteiger partial charge is 0.481 e. The number of anilines is 1. The van der Waals surface area contributed by atoms with Crippen molar-refractivity contribution in [2.45, 2.75) is 25.9 Å². The van der Waals surface area contributed by atoms with Gasteiger partial charge in [-0.25, -0.2) is 0 Å². The van der Waals surface area contributed by atoms with Gasteiger partial charge in [-0.1, -0.05) is 6.07 Å². The van der Waals surface area contributed by atoms with Crippen molar-refractivity contribution in [2.75, 3.05) is 11.9 Å². The molecule has 96 valence electrons. The highest BCUT2D eigenvalue weighted by Crippen LogP contribution is 2.35. The van der Waals surface area contributed by atoms with Crippen LogP contribution >= 0.6 is 0 Å². The number of rotatable bonds is 2. The predicted molar refractivity (Wildman–Crippen MR) is 66.0 cm³/mol. The highest BCUT2D eigenvalue weighted by molar-refractivity contribution is 5.99. The number of likely N-dealkylation sites (N-methyl/N-ethyl adjacent to an activating group) is 1. The van der Waals surface area contributed by atoms with Crippen LogP contribution in [0.5, 0.6) is 5.75 Å². The van der Waals surface area contributed by atoms with Crippen molar-refractivity contribution >= 4 is 17.6 Å². The number of hydrogen-bond donors (Lipinski definition) is 1. The molecule has 1 aliphatic rings. The molecular formula is C13H15NO4. The maximum Gasteiger partial charge on any atom is 0.310 e. The summed E-state index contributed by atoms with van der Waals surface area (Å²) in [4.78, 5) is 24.2. The zero-order chi connectivity index (χ0) is 13.4. The molecule has 0 spiro atoms. The molecule has 2 rings (SSSR count). The first-order valence-corrected chi connectivity index (χ1v) is 5.72. The quantitative estimate of drug-likeness (QED) is 0.864. The second-order valence-corrected chi connectivity index (χ2v) is 4.44. The normalized spacial score (nSPS) is 20.1. The fraction of sp³-hybridized carbons (Fsp3) is 0.385. The summed E-state index contributed by atoms with van der Waals surface area (Å²) in [6.07, 6.45) is -0.509. The van der Waals surface area contributed by atoms with Crippen molar-refractivity contribution in [1.29, 1.82) is 0 Å². The molecule has 18 heavy (non-hydrogen) atoms. The van der Waals surface area contributed by atoms with Gasteiger partial charge in [-0.05, 0) is 31.5 Å². The lowest BCUT2D eigenvalue weighted by atomic mass is 9.99. The third-order valence-electron chi connectivity index (χ3n) is 3.20. The molecule has 5 nitrogen and oxygen atoms in total.